The van der Waals surface area contributed by atoms with Crippen LogP contribution in [0.15, 0.2) is 45.3 Å². The van der Waals surface area contributed by atoms with Gasteiger partial charge in [-0.15, -0.1) is 0 Å². The maximum Gasteiger partial charge on any atom is 0.170 e. The summed E-state index contributed by atoms with van der Waals surface area (Å²) in [4.78, 5) is 34.2. The lowest BCUT2D eigenvalue weighted by Gasteiger charge is -2.36. The summed E-state index contributed by atoms with van der Waals surface area (Å²) in [6.45, 7) is 17.4. The zero-order valence-corrected chi connectivity index (χ0v) is 31.9. The van der Waals surface area contributed by atoms with Gasteiger partial charge in [-0.25, -0.2) is 0 Å². The Kier molecular flexibility index (Phi) is 13.7. The van der Waals surface area contributed by atoms with E-state index in [2.05, 4.69) is 78.7 Å². The van der Waals surface area contributed by atoms with Crippen LogP contribution >= 0.6 is 31.9 Å². The van der Waals surface area contributed by atoms with E-state index in [1.54, 1.807) is 12.1 Å². The summed E-state index contributed by atoms with van der Waals surface area (Å²) in [5.41, 5.74) is 1.45. The number of benzene rings is 2. The quantitative estimate of drug-likeness (QED) is 0.281. The molecule has 2 heterocycles. The smallest absolute Gasteiger partial charge is 0.170 e. The maximum absolute atomic E-state index is 12.5. The number of rotatable bonds is 1. The summed E-state index contributed by atoms with van der Waals surface area (Å²) in [6.07, 6.45) is 9.22. The van der Waals surface area contributed by atoms with Crippen LogP contribution in [-0.4, -0.2) is 41.1 Å². The van der Waals surface area contributed by atoms with Gasteiger partial charge in [-0.05, 0) is 118 Å². The third-order valence-electron chi connectivity index (χ3n) is 9.61. The lowest BCUT2D eigenvalue weighted by molar-refractivity contribution is -0.117. The second kappa shape index (κ2) is 16.4. The topological polar surface area (TPSA) is 92.7 Å². The molecule has 2 aliphatic heterocycles. The number of phenols is 1. The molecule has 2 aliphatic carbocycles. The Morgan fingerprint density at radius 3 is 1.98 bits per heavy atom. The van der Waals surface area contributed by atoms with E-state index >= 15 is 0 Å². The molecule has 1 spiro atoms. The van der Waals surface area contributed by atoms with Crippen LogP contribution in [0.25, 0.3) is 0 Å². The number of carbonyl (C=O) groups excluding carboxylic acids is 3. The van der Waals surface area contributed by atoms with Gasteiger partial charge in [0.25, 0.3) is 0 Å². The van der Waals surface area contributed by atoms with E-state index in [-0.39, 0.29) is 28.3 Å². The molecule has 2 aromatic carbocycles. The van der Waals surface area contributed by atoms with Gasteiger partial charge in [0.2, 0.25) is 0 Å². The van der Waals surface area contributed by atoms with Crippen molar-refractivity contribution in [3.8, 4) is 11.5 Å². The van der Waals surface area contributed by atoms with Crippen molar-refractivity contribution in [2.45, 2.75) is 112 Å². The lowest BCUT2D eigenvalue weighted by Crippen LogP contribution is -2.40. The Hall–Kier alpha value is -2.03. The van der Waals surface area contributed by atoms with E-state index < -0.39 is 0 Å². The standard InChI is InChI=1S/C17H21BrO2.C9H16O.C8H7BrO2.C4H9N/c1-16(2,3)11-6-7-17(9-11)10-14(19)13-8-12(18)4-5-15(13)20-17;1-9(2,3)7-4-5-8(10)6-7;1-5(10)7-4-6(9)2-3-8(7)11;1-2-4-5-3-1/h4-5,8,11H,6-7,9-10H2,1-3H3;7H,4-6H2,1-3H3;2-4,11H,1H3;5H,1-4H2. The van der Waals surface area contributed by atoms with Gasteiger partial charge >= 0.3 is 0 Å². The highest BCUT2D eigenvalue weighted by Crippen LogP contribution is 2.50. The number of halogens is 2. The van der Waals surface area contributed by atoms with Crippen LogP contribution in [0.1, 0.15) is 127 Å². The minimum absolute atomic E-state index is 0.0284. The molecule has 6 nitrogen and oxygen atoms in total. The first-order valence-corrected chi connectivity index (χ1v) is 18.2. The molecule has 1 saturated heterocycles. The first-order chi connectivity index (χ1) is 21.4. The van der Waals surface area contributed by atoms with Gasteiger partial charge in [-0.2, -0.15) is 0 Å². The van der Waals surface area contributed by atoms with Crippen molar-refractivity contribution in [1.29, 1.82) is 0 Å². The van der Waals surface area contributed by atoms with E-state index in [1.807, 2.05) is 18.2 Å². The van der Waals surface area contributed by atoms with Crippen LogP contribution in [0.5, 0.6) is 11.5 Å². The van der Waals surface area contributed by atoms with Crippen molar-refractivity contribution in [2.24, 2.45) is 22.7 Å². The molecule has 2 aromatic rings. The van der Waals surface area contributed by atoms with Crippen molar-refractivity contribution in [2.75, 3.05) is 13.1 Å². The number of hydrogen-bond donors (Lipinski definition) is 2. The summed E-state index contributed by atoms with van der Waals surface area (Å²) >= 11 is 6.62. The van der Waals surface area contributed by atoms with E-state index in [0.717, 1.165) is 58.8 Å². The molecule has 0 radical (unpaired) electrons. The molecule has 4 aliphatic rings. The predicted molar refractivity (Wildman–Crippen MR) is 193 cm³/mol. The first kappa shape index (κ1) is 38.4. The molecule has 0 aromatic heterocycles. The molecule has 3 unspecified atom stereocenters. The maximum atomic E-state index is 12.5. The highest BCUT2D eigenvalue weighted by atomic mass is 79.9. The fraction of sp³-hybridized carbons (Fsp3) is 0.605. The largest absolute Gasteiger partial charge is 0.507 e. The van der Waals surface area contributed by atoms with Gasteiger partial charge in [0, 0.05) is 21.8 Å². The number of aromatic hydroxyl groups is 1. The average Bonchev–Trinajstić information content (AvgIpc) is 3.75. The number of nitrogens with one attached hydrogen (secondary N) is 1. The van der Waals surface area contributed by atoms with Gasteiger partial charge in [0.05, 0.1) is 17.5 Å². The fourth-order valence-electron chi connectivity index (χ4n) is 6.52. The summed E-state index contributed by atoms with van der Waals surface area (Å²) in [6, 6.07) is 10.5. The summed E-state index contributed by atoms with van der Waals surface area (Å²) < 4.78 is 8.02. The number of hydrogen-bond acceptors (Lipinski definition) is 6. The zero-order chi connectivity index (χ0) is 34.3. The Bertz CT molecular complexity index is 1360. The normalized spacial score (nSPS) is 23.7. The second-order valence-electron chi connectivity index (χ2n) is 15.4. The molecule has 8 heteroatoms. The zero-order valence-electron chi connectivity index (χ0n) is 28.7. The SMILES string of the molecule is C1CCNC1.CC(=O)c1cc(Br)ccc1O.CC(C)(C)C1CCC(=O)C1.CC(C)(C)C1CCC2(CC(=O)c3cc(Br)ccc3O2)C1. The molecular weight excluding hydrogens is 710 g/mol. The summed E-state index contributed by atoms with van der Waals surface area (Å²) in [7, 11) is 0. The minimum atomic E-state index is -0.254. The van der Waals surface area contributed by atoms with Crippen LogP contribution in [0.2, 0.25) is 0 Å². The molecular formula is C38H53Br2NO5. The first-order valence-electron chi connectivity index (χ1n) is 16.6. The molecule has 2 N–H and O–H groups in total. The highest BCUT2D eigenvalue weighted by Gasteiger charge is 2.48. The van der Waals surface area contributed by atoms with E-state index in [4.69, 9.17) is 9.84 Å². The van der Waals surface area contributed by atoms with E-state index in [0.29, 0.717) is 35.0 Å². The average molecular weight is 764 g/mol. The third-order valence-corrected chi connectivity index (χ3v) is 10.6. The molecule has 2 saturated carbocycles. The van der Waals surface area contributed by atoms with Crippen molar-refractivity contribution >= 4 is 49.2 Å². The number of Topliss-reactive ketones (excluding diaryl/α,β-unsaturated/α-hetero) is 3. The van der Waals surface area contributed by atoms with E-state index in [1.165, 1.54) is 38.9 Å². The van der Waals surface area contributed by atoms with Gasteiger partial charge in [0.1, 0.15) is 22.9 Å². The number of carbonyl (C=O) groups is 3. The van der Waals surface area contributed by atoms with Crippen molar-refractivity contribution in [3.05, 3.63) is 56.5 Å². The van der Waals surface area contributed by atoms with Crippen LogP contribution in [0.3, 0.4) is 0 Å². The lowest BCUT2D eigenvalue weighted by atomic mass is 9.78. The van der Waals surface area contributed by atoms with Gasteiger partial charge in [-0.1, -0.05) is 73.4 Å². The minimum Gasteiger partial charge on any atom is -0.507 e. The number of fused-ring (bicyclic) bond motifs is 1. The fourth-order valence-corrected chi connectivity index (χ4v) is 7.24. The summed E-state index contributed by atoms with van der Waals surface area (Å²) in [5.74, 6) is 2.61. The molecule has 254 valence electrons. The van der Waals surface area contributed by atoms with Crippen molar-refractivity contribution < 1.29 is 24.2 Å². The predicted octanol–water partition coefficient (Wildman–Crippen LogP) is 10.1. The Morgan fingerprint density at radius 1 is 0.913 bits per heavy atom. The summed E-state index contributed by atoms with van der Waals surface area (Å²) in [5, 5.41) is 12.4. The molecule has 3 fully saturated rings. The highest BCUT2D eigenvalue weighted by molar-refractivity contribution is 9.10. The van der Waals surface area contributed by atoms with Gasteiger partial charge in [-0.3, -0.25) is 14.4 Å². The number of ketones is 3. The Balaban J connectivity index is 0.000000187. The molecule has 0 amide bonds. The van der Waals surface area contributed by atoms with Crippen molar-refractivity contribution in [1.82, 2.24) is 5.32 Å². The van der Waals surface area contributed by atoms with Crippen LogP contribution in [-0.2, 0) is 4.79 Å². The molecule has 3 atom stereocenters. The number of ether oxygens (including phenoxy) is 1. The van der Waals surface area contributed by atoms with E-state index in [9.17, 15) is 14.4 Å². The monoisotopic (exact) mass is 761 g/mol. The van der Waals surface area contributed by atoms with Gasteiger partial charge in [0.15, 0.2) is 11.6 Å². The Morgan fingerprint density at radius 2 is 1.52 bits per heavy atom. The van der Waals surface area contributed by atoms with Crippen molar-refractivity contribution in [3.63, 3.8) is 0 Å². The molecule has 0 bridgehead atoms. The second-order valence-corrected chi connectivity index (χ2v) is 17.2. The Labute approximate surface area is 293 Å². The number of phenolic OH excluding ortho intramolecular Hbond substituents is 1. The molecule has 6 rings (SSSR count). The molecule has 46 heavy (non-hydrogen) atoms. The van der Waals surface area contributed by atoms with Crippen LogP contribution < -0.4 is 10.1 Å². The third kappa shape index (κ3) is 11.3. The van der Waals surface area contributed by atoms with Crippen LogP contribution in [0.4, 0.5) is 0 Å². The van der Waals surface area contributed by atoms with Crippen LogP contribution in [0, 0.1) is 22.7 Å². The van der Waals surface area contributed by atoms with Gasteiger partial charge < -0.3 is 15.2 Å².